The van der Waals surface area contributed by atoms with Crippen molar-refractivity contribution in [2.24, 2.45) is 0 Å². The van der Waals surface area contributed by atoms with Crippen molar-refractivity contribution in [1.82, 2.24) is 4.98 Å². The lowest BCUT2D eigenvalue weighted by Gasteiger charge is -2.05. The zero-order chi connectivity index (χ0) is 14.8. The Labute approximate surface area is 129 Å². The number of rotatable bonds is 3. The molecule has 0 saturated heterocycles. The van der Waals surface area contributed by atoms with E-state index < -0.39 is 5.63 Å². The summed E-state index contributed by atoms with van der Waals surface area (Å²) in [6.07, 6.45) is 0. The van der Waals surface area contributed by atoms with Gasteiger partial charge in [0.15, 0.2) is 0 Å². The molecular weight excluding hydrogens is 334 g/mol. The van der Waals surface area contributed by atoms with E-state index in [1.54, 1.807) is 18.2 Å². The summed E-state index contributed by atoms with van der Waals surface area (Å²) in [4.78, 5) is 16.5. The van der Waals surface area contributed by atoms with Gasteiger partial charge in [0.25, 0.3) is 0 Å². The Morgan fingerprint density at radius 1 is 1.24 bits per heavy atom. The van der Waals surface area contributed by atoms with Crippen molar-refractivity contribution in [3.05, 3.63) is 57.4 Å². The number of halogens is 1. The molecule has 4 nitrogen and oxygen atoms in total. The third-order valence-electron chi connectivity index (χ3n) is 2.98. The van der Waals surface area contributed by atoms with Crippen molar-refractivity contribution in [1.29, 1.82) is 0 Å². The lowest BCUT2D eigenvalue weighted by Crippen LogP contribution is -2.03. The Morgan fingerprint density at radius 3 is 2.90 bits per heavy atom. The molecule has 0 aliphatic heterocycles. The second-order valence-electron chi connectivity index (χ2n) is 4.43. The zero-order valence-electron chi connectivity index (χ0n) is 11.3. The van der Waals surface area contributed by atoms with Gasteiger partial charge < -0.3 is 9.15 Å². The van der Waals surface area contributed by atoms with Crippen LogP contribution in [0.25, 0.3) is 22.4 Å². The second kappa shape index (κ2) is 5.69. The molecule has 0 unspecified atom stereocenters. The summed E-state index contributed by atoms with van der Waals surface area (Å²) >= 11 is 3.33. The van der Waals surface area contributed by atoms with Gasteiger partial charge in [-0.15, -0.1) is 0 Å². The van der Waals surface area contributed by atoms with Crippen molar-refractivity contribution in [2.45, 2.75) is 6.92 Å². The minimum atomic E-state index is -0.405. The lowest BCUT2D eigenvalue weighted by molar-refractivity contribution is 0.340. The molecule has 2 aromatic carbocycles. The van der Waals surface area contributed by atoms with E-state index in [0.29, 0.717) is 23.1 Å². The first-order valence-electron chi connectivity index (χ1n) is 6.51. The maximum absolute atomic E-state index is 12.1. The van der Waals surface area contributed by atoms with Crippen LogP contribution in [-0.2, 0) is 0 Å². The van der Waals surface area contributed by atoms with Crippen LogP contribution in [0.3, 0.4) is 0 Å². The van der Waals surface area contributed by atoms with E-state index in [1.165, 1.54) is 0 Å². The van der Waals surface area contributed by atoms with Gasteiger partial charge in [-0.2, -0.15) is 0 Å². The Balaban J connectivity index is 2.15. The first-order valence-corrected chi connectivity index (χ1v) is 7.30. The second-order valence-corrected chi connectivity index (χ2v) is 5.34. The molecule has 0 atom stereocenters. The van der Waals surface area contributed by atoms with E-state index in [1.807, 2.05) is 31.2 Å². The Kier molecular flexibility index (Phi) is 3.75. The fraction of sp³-hybridized carbons (Fsp3) is 0.125. The standard InChI is InChI=1S/C16H12BrNO3/c1-2-20-12-5-3-4-10(8-12)15-18-14-7-6-11(17)9-13(14)16(19)21-15/h3-9H,2H2,1H3. The van der Waals surface area contributed by atoms with Crippen molar-refractivity contribution < 1.29 is 9.15 Å². The van der Waals surface area contributed by atoms with Crippen LogP contribution in [0.2, 0.25) is 0 Å². The highest BCUT2D eigenvalue weighted by molar-refractivity contribution is 9.10. The first kappa shape index (κ1) is 13.8. The zero-order valence-corrected chi connectivity index (χ0v) is 12.9. The number of aromatic nitrogens is 1. The average molecular weight is 346 g/mol. The third kappa shape index (κ3) is 2.83. The largest absolute Gasteiger partial charge is 0.494 e. The van der Waals surface area contributed by atoms with Gasteiger partial charge in [-0.3, -0.25) is 0 Å². The van der Waals surface area contributed by atoms with Crippen molar-refractivity contribution in [3.63, 3.8) is 0 Å². The normalized spacial score (nSPS) is 10.8. The van der Waals surface area contributed by atoms with Gasteiger partial charge in [-0.05, 0) is 43.3 Å². The summed E-state index contributed by atoms with van der Waals surface area (Å²) in [6.45, 7) is 2.49. The van der Waals surface area contributed by atoms with Crippen LogP contribution in [-0.4, -0.2) is 11.6 Å². The number of fused-ring (bicyclic) bond motifs is 1. The molecule has 0 N–H and O–H groups in total. The number of benzene rings is 2. The van der Waals surface area contributed by atoms with Crippen LogP contribution < -0.4 is 10.4 Å². The van der Waals surface area contributed by atoms with Gasteiger partial charge in [0.2, 0.25) is 5.89 Å². The average Bonchev–Trinajstić information content (AvgIpc) is 2.48. The summed E-state index contributed by atoms with van der Waals surface area (Å²) in [5.41, 5.74) is 0.909. The summed E-state index contributed by atoms with van der Waals surface area (Å²) in [5.74, 6) is 1.01. The molecule has 0 aliphatic carbocycles. The first-order chi connectivity index (χ1) is 10.2. The van der Waals surface area contributed by atoms with Crippen molar-refractivity contribution >= 4 is 26.8 Å². The predicted octanol–water partition coefficient (Wildman–Crippen LogP) is 4.02. The van der Waals surface area contributed by atoms with Gasteiger partial charge in [-0.1, -0.05) is 22.0 Å². The van der Waals surface area contributed by atoms with Gasteiger partial charge in [0.1, 0.15) is 5.75 Å². The molecule has 106 valence electrons. The molecule has 0 fully saturated rings. The van der Waals surface area contributed by atoms with E-state index in [2.05, 4.69) is 20.9 Å². The van der Waals surface area contributed by atoms with Crippen LogP contribution in [0.15, 0.2) is 56.1 Å². The van der Waals surface area contributed by atoms with E-state index >= 15 is 0 Å². The number of ether oxygens (including phenoxy) is 1. The van der Waals surface area contributed by atoms with E-state index in [4.69, 9.17) is 9.15 Å². The molecule has 3 aromatic rings. The Bertz CT molecular complexity index is 858. The molecule has 21 heavy (non-hydrogen) atoms. The molecule has 5 heteroatoms. The predicted molar refractivity (Wildman–Crippen MR) is 84.6 cm³/mol. The van der Waals surface area contributed by atoms with E-state index in [0.717, 1.165) is 10.2 Å². The van der Waals surface area contributed by atoms with Crippen molar-refractivity contribution in [3.8, 4) is 17.2 Å². The molecule has 0 aliphatic rings. The molecule has 3 rings (SSSR count). The molecular formula is C16H12BrNO3. The minimum Gasteiger partial charge on any atom is -0.494 e. The topological polar surface area (TPSA) is 52.3 Å². The highest BCUT2D eigenvalue weighted by Gasteiger charge is 2.09. The third-order valence-corrected chi connectivity index (χ3v) is 3.48. The summed E-state index contributed by atoms with van der Waals surface area (Å²) < 4.78 is 11.6. The highest BCUT2D eigenvalue weighted by Crippen LogP contribution is 2.24. The molecule has 1 heterocycles. The van der Waals surface area contributed by atoms with Gasteiger partial charge in [0.05, 0.1) is 17.5 Å². The van der Waals surface area contributed by atoms with Crippen LogP contribution in [0.4, 0.5) is 0 Å². The van der Waals surface area contributed by atoms with Crippen LogP contribution in [0.5, 0.6) is 5.75 Å². The minimum absolute atomic E-state index is 0.288. The molecule has 0 bridgehead atoms. The quantitative estimate of drug-likeness (QED) is 0.719. The van der Waals surface area contributed by atoms with Crippen LogP contribution in [0.1, 0.15) is 6.92 Å². The molecule has 1 aromatic heterocycles. The summed E-state index contributed by atoms with van der Waals surface area (Å²) in [6, 6.07) is 12.7. The maximum Gasteiger partial charge on any atom is 0.347 e. The molecule has 0 saturated carbocycles. The Morgan fingerprint density at radius 2 is 2.10 bits per heavy atom. The lowest BCUT2D eigenvalue weighted by atomic mass is 10.2. The van der Waals surface area contributed by atoms with E-state index in [-0.39, 0.29) is 5.89 Å². The Hall–Kier alpha value is -2.14. The van der Waals surface area contributed by atoms with E-state index in [9.17, 15) is 4.79 Å². The van der Waals surface area contributed by atoms with Gasteiger partial charge >= 0.3 is 5.63 Å². The summed E-state index contributed by atoms with van der Waals surface area (Å²) in [7, 11) is 0. The number of hydrogen-bond acceptors (Lipinski definition) is 4. The number of nitrogens with zero attached hydrogens (tertiary/aromatic N) is 1. The van der Waals surface area contributed by atoms with Crippen LogP contribution in [0, 0.1) is 0 Å². The SMILES string of the molecule is CCOc1cccc(-c2nc3ccc(Br)cc3c(=O)o2)c1. The van der Waals surface area contributed by atoms with Gasteiger partial charge in [-0.25, -0.2) is 9.78 Å². The molecule has 0 radical (unpaired) electrons. The number of hydrogen-bond donors (Lipinski definition) is 0. The summed E-state index contributed by atoms with van der Waals surface area (Å²) in [5, 5.41) is 0.453. The molecule has 0 amide bonds. The smallest absolute Gasteiger partial charge is 0.347 e. The molecule has 0 spiro atoms. The fourth-order valence-electron chi connectivity index (χ4n) is 2.05. The van der Waals surface area contributed by atoms with Gasteiger partial charge in [0, 0.05) is 10.0 Å². The highest BCUT2D eigenvalue weighted by atomic mass is 79.9. The fourth-order valence-corrected chi connectivity index (χ4v) is 2.41. The van der Waals surface area contributed by atoms with Crippen LogP contribution >= 0.6 is 15.9 Å². The monoisotopic (exact) mass is 345 g/mol. The van der Waals surface area contributed by atoms with Crippen molar-refractivity contribution in [2.75, 3.05) is 6.61 Å². The maximum atomic E-state index is 12.1.